The number of hydrogen-bond acceptors (Lipinski definition) is 11. The largest absolute Gasteiger partial charge is 0.497 e. The number of ether oxygens (including phenoxy) is 3. The summed E-state index contributed by atoms with van der Waals surface area (Å²) in [6.07, 6.45) is 2.96. The molecule has 0 saturated carbocycles. The average molecular weight is 627 g/mol. The van der Waals surface area contributed by atoms with Gasteiger partial charge in [-0.05, 0) is 42.0 Å². The molecule has 234 valence electrons. The summed E-state index contributed by atoms with van der Waals surface area (Å²) in [6, 6.07) is 12.7. The molecule has 0 N–H and O–H groups in total. The minimum Gasteiger partial charge on any atom is -0.497 e. The van der Waals surface area contributed by atoms with Crippen LogP contribution in [0.2, 0.25) is 0 Å². The molecule has 4 heterocycles. The van der Waals surface area contributed by atoms with Gasteiger partial charge in [-0.15, -0.1) is 0 Å². The lowest BCUT2D eigenvalue weighted by molar-refractivity contribution is -0.143. The predicted octanol–water partition coefficient (Wildman–Crippen LogP) is 3.24. The van der Waals surface area contributed by atoms with Crippen molar-refractivity contribution in [2.75, 3.05) is 20.4 Å². The fourth-order valence-corrected chi connectivity index (χ4v) is 5.68. The van der Waals surface area contributed by atoms with E-state index in [0.29, 0.717) is 37.6 Å². The number of nitrogens with zero attached hydrogens (tertiary/aromatic N) is 4. The van der Waals surface area contributed by atoms with Crippen LogP contribution >= 0.6 is 0 Å². The monoisotopic (exact) mass is 626 g/mol. The summed E-state index contributed by atoms with van der Waals surface area (Å²) in [5.41, 5.74) is -0.996. The van der Waals surface area contributed by atoms with E-state index in [9.17, 15) is 28.8 Å². The molecule has 0 aliphatic carbocycles. The molecule has 4 aromatic rings. The summed E-state index contributed by atoms with van der Waals surface area (Å²) in [7, 11) is 1.47. The van der Waals surface area contributed by atoms with Crippen molar-refractivity contribution in [2.24, 2.45) is 0 Å². The molecule has 2 aromatic heterocycles. The molecule has 6 rings (SSSR count). The van der Waals surface area contributed by atoms with Crippen molar-refractivity contribution in [2.45, 2.75) is 25.9 Å². The maximum absolute atomic E-state index is 14.5. The topological polar surface area (TPSA) is 166 Å². The molecule has 0 radical (unpaired) electrons. The molecule has 1 saturated heterocycles. The first-order valence-corrected chi connectivity index (χ1v) is 14.0. The molecule has 2 aliphatic heterocycles. The van der Waals surface area contributed by atoms with Crippen molar-refractivity contribution in [1.29, 1.82) is 0 Å². The van der Waals surface area contributed by atoms with Crippen LogP contribution in [0, 0.1) is 0 Å². The molecule has 5 amide bonds. The molecule has 14 heteroatoms. The predicted molar refractivity (Wildman–Crippen MR) is 156 cm³/mol. The van der Waals surface area contributed by atoms with Crippen molar-refractivity contribution >= 4 is 46.7 Å². The van der Waals surface area contributed by atoms with E-state index in [0.717, 1.165) is 13.8 Å². The van der Waals surface area contributed by atoms with E-state index in [1.165, 1.54) is 48.7 Å². The summed E-state index contributed by atoms with van der Waals surface area (Å²) in [6.45, 7) is 0.953. The number of para-hydroxylation sites is 1. The fraction of sp³-hybridized carbons (Fsp3) is 0.219. The van der Waals surface area contributed by atoms with Gasteiger partial charge in [0.05, 0.1) is 13.7 Å². The number of benzene rings is 2. The third-order valence-electron chi connectivity index (χ3n) is 7.74. The van der Waals surface area contributed by atoms with Crippen molar-refractivity contribution in [3.8, 4) is 11.5 Å². The summed E-state index contributed by atoms with van der Waals surface area (Å²) in [5.74, 6) is -3.66. The van der Waals surface area contributed by atoms with E-state index in [1.807, 2.05) is 0 Å². The zero-order chi connectivity index (χ0) is 32.7. The molecular formula is C32H26N4O10. The first-order chi connectivity index (χ1) is 22.0. The lowest BCUT2D eigenvalue weighted by Crippen LogP contribution is -2.56. The third-order valence-corrected chi connectivity index (χ3v) is 7.74. The van der Waals surface area contributed by atoms with Crippen LogP contribution in [0.25, 0.3) is 11.0 Å². The zero-order valence-corrected chi connectivity index (χ0v) is 24.8. The minimum absolute atomic E-state index is 0.0663. The van der Waals surface area contributed by atoms with Gasteiger partial charge >= 0.3 is 18.0 Å². The highest BCUT2D eigenvalue weighted by Gasteiger charge is 2.64. The highest BCUT2D eigenvalue weighted by atomic mass is 16.6. The normalized spacial score (nSPS) is 17.5. The quantitative estimate of drug-likeness (QED) is 0.160. The number of pyridine rings is 1. The maximum atomic E-state index is 14.5. The number of esters is 2. The SMILES string of the molecule is COc1ccc2c(c1)C(=O)N(C[C@]1(c3cc4cnccc4o3)C(=O)N(COC(=O)c3ccccc3OC(C)=O)C(=O)N1C(C)=O)C2. The Balaban J connectivity index is 1.39. The van der Waals surface area contributed by atoms with Crippen LogP contribution in [-0.4, -0.2) is 75.8 Å². The van der Waals surface area contributed by atoms with Gasteiger partial charge in [0.2, 0.25) is 11.4 Å². The number of fused-ring (bicyclic) bond motifs is 2. The first kappa shape index (κ1) is 30.0. The summed E-state index contributed by atoms with van der Waals surface area (Å²) in [5, 5.41) is 0.480. The zero-order valence-electron chi connectivity index (χ0n) is 24.8. The van der Waals surface area contributed by atoms with Gasteiger partial charge in [0.15, 0.2) is 6.73 Å². The van der Waals surface area contributed by atoms with Crippen molar-refractivity contribution in [3.63, 3.8) is 0 Å². The van der Waals surface area contributed by atoms with Crippen LogP contribution in [0.5, 0.6) is 11.5 Å². The van der Waals surface area contributed by atoms with Crippen LogP contribution in [0.4, 0.5) is 4.79 Å². The number of carbonyl (C=O) groups is 6. The van der Waals surface area contributed by atoms with Gasteiger partial charge in [-0.1, -0.05) is 18.2 Å². The second-order valence-electron chi connectivity index (χ2n) is 10.6. The Bertz CT molecular complexity index is 1920. The van der Waals surface area contributed by atoms with E-state index >= 15 is 0 Å². The van der Waals surface area contributed by atoms with E-state index in [4.69, 9.17) is 18.6 Å². The lowest BCUT2D eigenvalue weighted by Gasteiger charge is -2.34. The highest BCUT2D eigenvalue weighted by molar-refractivity contribution is 6.14. The Hall–Kier alpha value is -6.05. The van der Waals surface area contributed by atoms with Crippen molar-refractivity contribution < 1.29 is 47.4 Å². The number of urea groups is 1. The Morgan fingerprint density at radius 1 is 1.02 bits per heavy atom. The Morgan fingerprint density at radius 3 is 2.52 bits per heavy atom. The van der Waals surface area contributed by atoms with Gasteiger partial charge in [0, 0.05) is 43.7 Å². The van der Waals surface area contributed by atoms with E-state index in [-0.39, 0.29) is 23.6 Å². The van der Waals surface area contributed by atoms with Crippen molar-refractivity contribution in [3.05, 3.63) is 89.4 Å². The van der Waals surface area contributed by atoms with Crippen LogP contribution < -0.4 is 9.47 Å². The lowest BCUT2D eigenvalue weighted by atomic mass is 9.92. The van der Waals surface area contributed by atoms with E-state index in [1.54, 1.807) is 30.3 Å². The van der Waals surface area contributed by atoms with Crippen LogP contribution in [0.15, 0.2) is 71.4 Å². The average Bonchev–Trinajstić information content (AvgIpc) is 3.66. The van der Waals surface area contributed by atoms with Crippen LogP contribution in [0.1, 0.15) is 45.9 Å². The van der Waals surface area contributed by atoms with Gasteiger partial charge in [-0.3, -0.25) is 24.2 Å². The molecule has 14 nitrogen and oxygen atoms in total. The number of imide groups is 2. The van der Waals surface area contributed by atoms with E-state index in [2.05, 4.69) is 4.98 Å². The van der Waals surface area contributed by atoms with Crippen LogP contribution in [0.3, 0.4) is 0 Å². The molecule has 1 fully saturated rings. The molecular weight excluding hydrogens is 600 g/mol. The second kappa shape index (κ2) is 11.5. The number of aromatic nitrogens is 1. The summed E-state index contributed by atoms with van der Waals surface area (Å²) >= 11 is 0. The number of methoxy groups -OCH3 is 1. The van der Waals surface area contributed by atoms with Gasteiger partial charge in [-0.25, -0.2) is 19.4 Å². The second-order valence-corrected chi connectivity index (χ2v) is 10.6. The molecule has 0 bridgehead atoms. The number of rotatable bonds is 8. The van der Waals surface area contributed by atoms with Crippen LogP contribution in [-0.2, 0) is 31.2 Å². The number of amides is 5. The Labute approximate surface area is 261 Å². The fourth-order valence-electron chi connectivity index (χ4n) is 5.68. The molecule has 1 atom stereocenters. The smallest absolute Gasteiger partial charge is 0.343 e. The van der Waals surface area contributed by atoms with E-state index < -0.39 is 54.5 Å². The highest BCUT2D eigenvalue weighted by Crippen LogP contribution is 2.42. The molecule has 0 unspecified atom stereocenters. The Morgan fingerprint density at radius 2 is 1.80 bits per heavy atom. The maximum Gasteiger partial charge on any atom is 0.343 e. The van der Waals surface area contributed by atoms with Gasteiger partial charge < -0.3 is 23.5 Å². The van der Waals surface area contributed by atoms with Gasteiger partial charge in [0.1, 0.15) is 28.4 Å². The number of carbonyl (C=O) groups excluding carboxylic acids is 6. The molecule has 2 aliphatic rings. The molecule has 0 spiro atoms. The van der Waals surface area contributed by atoms with Gasteiger partial charge in [0.25, 0.3) is 11.8 Å². The standard InChI is InChI=1S/C32H26N4O10/c1-18(37)36-31(42)35(17-44-29(40)23-6-4-5-7-26(23)45-19(2)38)30(41)32(36,27-12-21-14-33-11-10-25(21)46-27)16-34-15-20-8-9-22(43-3)13-24(20)28(34)39/h4-14H,15-17H2,1-3H3/t32-/m0/s1. The minimum atomic E-state index is -2.17. The molecule has 46 heavy (non-hydrogen) atoms. The third kappa shape index (κ3) is 4.89. The molecule has 2 aromatic carbocycles. The number of hydrogen-bond donors (Lipinski definition) is 0. The van der Waals surface area contributed by atoms with Crippen molar-refractivity contribution in [1.82, 2.24) is 19.7 Å². The summed E-state index contributed by atoms with van der Waals surface area (Å²) in [4.78, 5) is 86.5. The van der Waals surface area contributed by atoms with Gasteiger partial charge in [-0.2, -0.15) is 0 Å². The number of furan rings is 1. The summed E-state index contributed by atoms with van der Waals surface area (Å²) < 4.78 is 21.7. The Kier molecular flexibility index (Phi) is 7.48. The first-order valence-electron chi connectivity index (χ1n) is 14.0.